The van der Waals surface area contributed by atoms with Crippen LogP contribution in [0.1, 0.15) is 80.3 Å². The van der Waals surface area contributed by atoms with Gasteiger partial charge in [-0.2, -0.15) is 0 Å². The molecule has 0 radical (unpaired) electrons. The van der Waals surface area contributed by atoms with Crippen LogP contribution in [0.25, 0.3) is 0 Å². The second kappa shape index (κ2) is 11.1. The van der Waals surface area contributed by atoms with Crippen LogP contribution in [-0.2, 0) is 14.3 Å². The van der Waals surface area contributed by atoms with Crippen LogP contribution < -0.4 is 10.6 Å². The van der Waals surface area contributed by atoms with E-state index in [4.69, 9.17) is 4.74 Å². The Labute approximate surface area is 202 Å². The number of phenolic OH excluding ortho intramolecular Hbond substituents is 1. The first kappa shape index (κ1) is 29.2. The van der Waals surface area contributed by atoms with Crippen molar-refractivity contribution in [2.45, 2.75) is 97.5 Å². The third-order valence-corrected chi connectivity index (χ3v) is 5.14. The number of alkyl carbamates (subject to hydrolysis) is 1. The second-order valence-electron chi connectivity index (χ2n) is 11.0. The standard InChI is InChI=1S/C25H41N3O6/c1-10-25(8,9)28(21(32)18(15-29)26-22(33)34-24(5,6)7)19(20(31)27-23(2,3)4)16-11-13-17(30)14-12-16/h11-14,18-19,29-30H,10,15H2,1-9H3,(H,26,33)(H,27,31). The molecule has 0 aliphatic rings. The van der Waals surface area contributed by atoms with E-state index in [1.165, 1.54) is 17.0 Å². The van der Waals surface area contributed by atoms with Gasteiger partial charge in [-0.3, -0.25) is 9.59 Å². The predicted octanol–water partition coefficient (Wildman–Crippen LogP) is 3.25. The maximum Gasteiger partial charge on any atom is 0.408 e. The number of phenols is 1. The number of rotatable bonds is 8. The molecular formula is C25H41N3O6. The highest BCUT2D eigenvalue weighted by Gasteiger charge is 2.43. The molecule has 0 heterocycles. The van der Waals surface area contributed by atoms with Gasteiger partial charge in [-0.15, -0.1) is 0 Å². The summed E-state index contributed by atoms with van der Waals surface area (Å²) in [6.07, 6.45) is -0.366. The van der Waals surface area contributed by atoms with Gasteiger partial charge in [0.05, 0.1) is 6.61 Å². The Hall–Kier alpha value is -2.81. The van der Waals surface area contributed by atoms with Crippen LogP contribution in [-0.4, -0.2) is 62.3 Å². The molecule has 34 heavy (non-hydrogen) atoms. The first-order chi connectivity index (χ1) is 15.4. The zero-order valence-electron chi connectivity index (χ0n) is 21.9. The normalized spacial score (nSPS) is 14.1. The van der Waals surface area contributed by atoms with Gasteiger partial charge in [0.1, 0.15) is 23.4 Å². The number of ether oxygens (including phenoxy) is 1. The zero-order valence-corrected chi connectivity index (χ0v) is 21.9. The van der Waals surface area contributed by atoms with Crippen molar-refractivity contribution >= 4 is 17.9 Å². The number of carbonyl (C=O) groups excluding carboxylic acids is 3. The Morgan fingerprint density at radius 1 is 1.00 bits per heavy atom. The Bertz CT molecular complexity index is 853. The first-order valence-corrected chi connectivity index (χ1v) is 11.5. The van der Waals surface area contributed by atoms with E-state index in [2.05, 4.69) is 10.6 Å². The highest BCUT2D eigenvalue weighted by atomic mass is 16.6. The third-order valence-electron chi connectivity index (χ3n) is 5.14. The van der Waals surface area contributed by atoms with Gasteiger partial charge in [0.25, 0.3) is 0 Å². The van der Waals surface area contributed by atoms with Crippen molar-refractivity contribution in [1.82, 2.24) is 15.5 Å². The summed E-state index contributed by atoms with van der Waals surface area (Å²) < 4.78 is 5.24. The molecule has 192 valence electrons. The molecule has 0 aliphatic heterocycles. The van der Waals surface area contributed by atoms with Crippen LogP contribution in [0, 0.1) is 0 Å². The lowest BCUT2D eigenvalue weighted by Gasteiger charge is -2.45. The maximum absolute atomic E-state index is 13.8. The van der Waals surface area contributed by atoms with E-state index < -0.39 is 53.3 Å². The van der Waals surface area contributed by atoms with Gasteiger partial charge in [-0.1, -0.05) is 19.1 Å². The topological polar surface area (TPSA) is 128 Å². The number of amides is 3. The number of benzene rings is 1. The molecular weight excluding hydrogens is 438 g/mol. The van der Waals surface area contributed by atoms with Gasteiger partial charge in [-0.05, 0) is 79.5 Å². The average Bonchev–Trinajstić information content (AvgIpc) is 2.67. The second-order valence-corrected chi connectivity index (χ2v) is 11.0. The molecule has 1 rings (SSSR count). The number of hydrogen-bond acceptors (Lipinski definition) is 6. The molecule has 0 aromatic heterocycles. The average molecular weight is 480 g/mol. The van der Waals surface area contributed by atoms with Crippen molar-refractivity contribution in [1.29, 1.82) is 0 Å². The van der Waals surface area contributed by atoms with E-state index in [1.807, 2.05) is 41.5 Å². The van der Waals surface area contributed by atoms with E-state index in [0.29, 0.717) is 12.0 Å². The fourth-order valence-electron chi connectivity index (χ4n) is 3.26. The van der Waals surface area contributed by atoms with Crippen molar-refractivity contribution < 1.29 is 29.3 Å². The van der Waals surface area contributed by atoms with E-state index in [9.17, 15) is 24.6 Å². The smallest absolute Gasteiger partial charge is 0.408 e. The quantitative estimate of drug-likeness (QED) is 0.453. The monoisotopic (exact) mass is 479 g/mol. The maximum atomic E-state index is 13.8. The lowest BCUT2D eigenvalue weighted by atomic mass is 9.91. The highest BCUT2D eigenvalue weighted by molar-refractivity contribution is 5.93. The molecule has 2 atom stereocenters. The highest BCUT2D eigenvalue weighted by Crippen LogP contribution is 2.33. The summed E-state index contributed by atoms with van der Waals surface area (Å²) >= 11 is 0. The lowest BCUT2D eigenvalue weighted by molar-refractivity contribution is -0.150. The minimum Gasteiger partial charge on any atom is -0.508 e. The zero-order chi connectivity index (χ0) is 26.5. The summed E-state index contributed by atoms with van der Waals surface area (Å²) in [6, 6.07) is 3.61. The van der Waals surface area contributed by atoms with Crippen LogP contribution in [0.15, 0.2) is 24.3 Å². The Morgan fingerprint density at radius 3 is 1.94 bits per heavy atom. The van der Waals surface area contributed by atoms with Crippen LogP contribution in [0.2, 0.25) is 0 Å². The first-order valence-electron chi connectivity index (χ1n) is 11.5. The van der Waals surface area contributed by atoms with Crippen LogP contribution in [0.5, 0.6) is 5.75 Å². The SMILES string of the molecule is CCC(C)(C)N(C(=O)C(CO)NC(=O)OC(C)(C)C)C(C(=O)NC(C)(C)C)c1ccc(O)cc1. The van der Waals surface area contributed by atoms with Crippen molar-refractivity contribution in [3.8, 4) is 5.75 Å². The number of nitrogens with one attached hydrogen (secondary N) is 2. The predicted molar refractivity (Wildman–Crippen MR) is 130 cm³/mol. The number of hydrogen-bond donors (Lipinski definition) is 4. The van der Waals surface area contributed by atoms with E-state index in [1.54, 1.807) is 32.9 Å². The van der Waals surface area contributed by atoms with Crippen LogP contribution in [0.4, 0.5) is 4.79 Å². The number of aliphatic hydroxyl groups excluding tert-OH is 1. The van der Waals surface area contributed by atoms with Crippen LogP contribution in [0.3, 0.4) is 0 Å². The van der Waals surface area contributed by atoms with Crippen molar-refractivity contribution in [3.05, 3.63) is 29.8 Å². The molecule has 9 nitrogen and oxygen atoms in total. The molecule has 2 unspecified atom stereocenters. The van der Waals surface area contributed by atoms with E-state index in [-0.39, 0.29) is 5.75 Å². The number of carbonyl (C=O) groups is 3. The van der Waals surface area contributed by atoms with Crippen molar-refractivity contribution in [2.75, 3.05) is 6.61 Å². The summed E-state index contributed by atoms with van der Waals surface area (Å²) in [5.74, 6) is -1.05. The molecule has 4 N–H and O–H groups in total. The van der Waals surface area contributed by atoms with Crippen molar-refractivity contribution in [2.24, 2.45) is 0 Å². The molecule has 0 aliphatic carbocycles. The molecule has 0 bridgehead atoms. The molecule has 1 aromatic carbocycles. The minimum absolute atomic E-state index is 0.0196. The molecule has 0 saturated heterocycles. The third kappa shape index (κ3) is 8.52. The molecule has 1 aromatic rings. The van der Waals surface area contributed by atoms with E-state index >= 15 is 0 Å². The number of aromatic hydroxyl groups is 1. The summed E-state index contributed by atoms with van der Waals surface area (Å²) in [7, 11) is 0. The summed E-state index contributed by atoms with van der Waals surface area (Å²) in [6.45, 7) is 15.4. The van der Waals surface area contributed by atoms with Gasteiger partial charge >= 0.3 is 6.09 Å². The van der Waals surface area contributed by atoms with Crippen LogP contribution >= 0.6 is 0 Å². The fourth-order valence-corrected chi connectivity index (χ4v) is 3.26. The number of aliphatic hydroxyl groups is 1. The molecule has 0 fully saturated rings. The Kier molecular flexibility index (Phi) is 9.52. The molecule has 0 saturated carbocycles. The van der Waals surface area contributed by atoms with E-state index in [0.717, 1.165) is 0 Å². The van der Waals surface area contributed by atoms with Gasteiger partial charge in [0, 0.05) is 11.1 Å². The van der Waals surface area contributed by atoms with Gasteiger partial charge < -0.3 is 30.5 Å². The van der Waals surface area contributed by atoms with Crippen molar-refractivity contribution in [3.63, 3.8) is 0 Å². The van der Waals surface area contributed by atoms with Gasteiger partial charge in [-0.25, -0.2) is 4.79 Å². The molecule has 0 spiro atoms. The minimum atomic E-state index is -1.33. The molecule has 3 amide bonds. The fraction of sp³-hybridized carbons (Fsp3) is 0.640. The Morgan fingerprint density at radius 2 is 1.53 bits per heavy atom. The van der Waals surface area contributed by atoms with Gasteiger partial charge in [0.2, 0.25) is 11.8 Å². The lowest BCUT2D eigenvalue weighted by Crippen LogP contribution is -2.61. The summed E-state index contributed by atoms with van der Waals surface area (Å²) in [5, 5.41) is 25.1. The molecule has 9 heteroatoms. The Balaban J connectivity index is 3.55. The largest absolute Gasteiger partial charge is 0.508 e. The summed E-state index contributed by atoms with van der Waals surface area (Å²) in [4.78, 5) is 41.1. The van der Waals surface area contributed by atoms with Gasteiger partial charge in [0.15, 0.2) is 0 Å². The number of nitrogens with zero attached hydrogens (tertiary/aromatic N) is 1. The summed E-state index contributed by atoms with van der Waals surface area (Å²) in [5.41, 5.74) is -1.74.